The standard InChI is InChI=1S/C17H18BrCl/c1-12-7-13(2)9-14(8-12)10-16(11-18)15-3-5-17(19)6-4-15/h3-9,16H,10-11H2,1-2H3. The van der Waals surface area contributed by atoms with E-state index in [0.717, 1.165) is 16.8 Å². The van der Waals surface area contributed by atoms with E-state index < -0.39 is 0 Å². The average Bonchev–Trinajstić information content (AvgIpc) is 2.36. The van der Waals surface area contributed by atoms with Gasteiger partial charge in [0.2, 0.25) is 0 Å². The van der Waals surface area contributed by atoms with Crippen LogP contribution in [0.3, 0.4) is 0 Å². The van der Waals surface area contributed by atoms with E-state index in [9.17, 15) is 0 Å². The lowest BCUT2D eigenvalue weighted by molar-refractivity contribution is 0.774. The van der Waals surface area contributed by atoms with E-state index in [4.69, 9.17) is 11.6 Å². The molecule has 0 nitrogen and oxygen atoms in total. The van der Waals surface area contributed by atoms with E-state index in [1.54, 1.807) is 0 Å². The zero-order chi connectivity index (χ0) is 13.8. The van der Waals surface area contributed by atoms with Crippen LogP contribution in [0.1, 0.15) is 28.2 Å². The van der Waals surface area contributed by atoms with Gasteiger partial charge in [-0.1, -0.05) is 69.0 Å². The van der Waals surface area contributed by atoms with Crippen molar-refractivity contribution in [1.29, 1.82) is 0 Å². The molecule has 0 bridgehead atoms. The van der Waals surface area contributed by atoms with Gasteiger partial charge in [-0.05, 0) is 49.4 Å². The summed E-state index contributed by atoms with van der Waals surface area (Å²) < 4.78 is 0. The zero-order valence-corrected chi connectivity index (χ0v) is 13.6. The summed E-state index contributed by atoms with van der Waals surface area (Å²) in [6, 6.07) is 14.9. The fraction of sp³-hybridized carbons (Fsp3) is 0.294. The second-order valence-electron chi connectivity index (χ2n) is 5.10. The van der Waals surface area contributed by atoms with Crippen molar-refractivity contribution in [3.8, 4) is 0 Å². The molecule has 0 aliphatic rings. The lowest BCUT2D eigenvalue weighted by Crippen LogP contribution is -2.05. The Labute approximate surface area is 128 Å². The molecular formula is C17H18BrCl. The van der Waals surface area contributed by atoms with Gasteiger partial charge in [0.1, 0.15) is 0 Å². The monoisotopic (exact) mass is 336 g/mol. The minimum atomic E-state index is 0.485. The van der Waals surface area contributed by atoms with E-state index >= 15 is 0 Å². The first-order chi connectivity index (χ1) is 9.08. The fourth-order valence-corrected chi connectivity index (χ4v) is 3.20. The van der Waals surface area contributed by atoms with E-state index in [-0.39, 0.29) is 0 Å². The Kier molecular flexibility index (Phi) is 5.06. The molecule has 100 valence electrons. The maximum absolute atomic E-state index is 5.95. The molecule has 0 amide bonds. The van der Waals surface area contributed by atoms with Crippen molar-refractivity contribution in [3.63, 3.8) is 0 Å². The molecule has 0 heterocycles. The minimum Gasteiger partial charge on any atom is -0.0921 e. The average molecular weight is 338 g/mol. The van der Waals surface area contributed by atoms with Gasteiger partial charge in [0.15, 0.2) is 0 Å². The summed E-state index contributed by atoms with van der Waals surface area (Å²) >= 11 is 9.58. The Bertz CT molecular complexity index is 525. The van der Waals surface area contributed by atoms with Gasteiger partial charge >= 0.3 is 0 Å². The molecule has 0 saturated carbocycles. The van der Waals surface area contributed by atoms with Gasteiger partial charge in [0, 0.05) is 10.4 Å². The number of alkyl halides is 1. The van der Waals surface area contributed by atoms with Crippen LogP contribution in [0.2, 0.25) is 5.02 Å². The first-order valence-corrected chi connectivity index (χ1v) is 7.97. The molecule has 2 heteroatoms. The van der Waals surface area contributed by atoms with Crippen molar-refractivity contribution in [2.45, 2.75) is 26.2 Å². The van der Waals surface area contributed by atoms with Crippen molar-refractivity contribution in [3.05, 3.63) is 69.7 Å². The van der Waals surface area contributed by atoms with Crippen LogP contribution in [0.15, 0.2) is 42.5 Å². The summed E-state index contributed by atoms with van der Waals surface area (Å²) in [6.45, 7) is 4.31. The molecule has 2 aromatic rings. The fourth-order valence-electron chi connectivity index (χ4n) is 2.47. The quantitative estimate of drug-likeness (QED) is 0.630. The number of benzene rings is 2. The number of hydrogen-bond donors (Lipinski definition) is 0. The van der Waals surface area contributed by atoms with Crippen LogP contribution in [0, 0.1) is 13.8 Å². The van der Waals surface area contributed by atoms with Crippen LogP contribution >= 0.6 is 27.5 Å². The molecule has 0 fully saturated rings. The highest BCUT2D eigenvalue weighted by Crippen LogP contribution is 2.25. The Morgan fingerprint density at radius 3 is 2.11 bits per heavy atom. The van der Waals surface area contributed by atoms with Gasteiger partial charge < -0.3 is 0 Å². The van der Waals surface area contributed by atoms with Crippen molar-refractivity contribution in [1.82, 2.24) is 0 Å². The summed E-state index contributed by atoms with van der Waals surface area (Å²) in [5.74, 6) is 0.485. The Balaban J connectivity index is 2.21. The molecule has 2 rings (SSSR count). The van der Waals surface area contributed by atoms with Crippen molar-refractivity contribution < 1.29 is 0 Å². The smallest absolute Gasteiger partial charge is 0.0406 e. The maximum Gasteiger partial charge on any atom is 0.0406 e. The minimum absolute atomic E-state index is 0.485. The largest absolute Gasteiger partial charge is 0.0921 e. The molecule has 0 spiro atoms. The molecule has 0 aliphatic heterocycles. The number of aryl methyl sites for hydroxylation is 2. The van der Waals surface area contributed by atoms with Crippen LogP contribution in [-0.4, -0.2) is 5.33 Å². The summed E-state index contributed by atoms with van der Waals surface area (Å²) in [5, 5.41) is 1.75. The summed E-state index contributed by atoms with van der Waals surface area (Å²) in [6.07, 6.45) is 1.05. The van der Waals surface area contributed by atoms with Gasteiger partial charge in [0.05, 0.1) is 0 Å². The second-order valence-corrected chi connectivity index (χ2v) is 6.19. The van der Waals surface area contributed by atoms with E-state index in [2.05, 4.69) is 60.1 Å². The third-order valence-electron chi connectivity index (χ3n) is 3.29. The lowest BCUT2D eigenvalue weighted by atomic mass is 9.92. The summed E-state index contributed by atoms with van der Waals surface area (Å²) in [7, 11) is 0. The predicted molar refractivity (Wildman–Crippen MR) is 87.6 cm³/mol. The van der Waals surface area contributed by atoms with Gasteiger partial charge in [-0.2, -0.15) is 0 Å². The molecule has 1 unspecified atom stereocenters. The third kappa shape index (κ3) is 4.09. The molecule has 19 heavy (non-hydrogen) atoms. The van der Waals surface area contributed by atoms with Crippen LogP contribution in [0.4, 0.5) is 0 Å². The number of halogens is 2. The first-order valence-electron chi connectivity index (χ1n) is 6.47. The normalized spacial score (nSPS) is 12.4. The Hall–Kier alpha value is -0.790. The Morgan fingerprint density at radius 2 is 1.58 bits per heavy atom. The van der Waals surface area contributed by atoms with Crippen molar-refractivity contribution in [2.24, 2.45) is 0 Å². The van der Waals surface area contributed by atoms with E-state index in [0.29, 0.717) is 5.92 Å². The molecular weight excluding hydrogens is 320 g/mol. The zero-order valence-electron chi connectivity index (χ0n) is 11.3. The van der Waals surface area contributed by atoms with Gasteiger partial charge in [0.25, 0.3) is 0 Å². The highest BCUT2D eigenvalue weighted by molar-refractivity contribution is 9.09. The van der Waals surface area contributed by atoms with Crippen LogP contribution in [0.25, 0.3) is 0 Å². The van der Waals surface area contributed by atoms with Crippen LogP contribution in [0.5, 0.6) is 0 Å². The molecule has 0 aromatic heterocycles. The molecule has 0 radical (unpaired) electrons. The van der Waals surface area contributed by atoms with Crippen LogP contribution < -0.4 is 0 Å². The van der Waals surface area contributed by atoms with Crippen molar-refractivity contribution in [2.75, 3.05) is 5.33 Å². The Morgan fingerprint density at radius 1 is 1.00 bits per heavy atom. The number of hydrogen-bond acceptors (Lipinski definition) is 0. The predicted octanol–water partition coefficient (Wildman–Crippen LogP) is 5.68. The topological polar surface area (TPSA) is 0 Å². The molecule has 0 aliphatic carbocycles. The van der Waals surface area contributed by atoms with Gasteiger partial charge in [-0.25, -0.2) is 0 Å². The number of rotatable bonds is 4. The SMILES string of the molecule is Cc1cc(C)cc(CC(CBr)c2ccc(Cl)cc2)c1. The molecule has 2 aromatic carbocycles. The molecule has 1 atom stereocenters. The highest BCUT2D eigenvalue weighted by atomic mass is 79.9. The maximum atomic E-state index is 5.95. The van der Waals surface area contributed by atoms with Gasteiger partial charge in [-0.15, -0.1) is 0 Å². The van der Waals surface area contributed by atoms with E-state index in [1.807, 2.05) is 12.1 Å². The van der Waals surface area contributed by atoms with Crippen LogP contribution in [-0.2, 0) is 6.42 Å². The summed E-state index contributed by atoms with van der Waals surface area (Å²) in [5.41, 5.74) is 5.40. The first kappa shape index (κ1) is 14.6. The van der Waals surface area contributed by atoms with Gasteiger partial charge in [-0.3, -0.25) is 0 Å². The van der Waals surface area contributed by atoms with E-state index in [1.165, 1.54) is 22.3 Å². The lowest BCUT2D eigenvalue weighted by Gasteiger charge is -2.15. The van der Waals surface area contributed by atoms with Crippen molar-refractivity contribution >= 4 is 27.5 Å². The second kappa shape index (κ2) is 6.58. The third-order valence-corrected chi connectivity index (χ3v) is 4.32. The molecule has 0 N–H and O–H groups in total. The highest BCUT2D eigenvalue weighted by Gasteiger charge is 2.11. The molecule has 0 saturated heterocycles. The summed E-state index contributed by atoms with van der Waals surface area (Å²) in [4.78, 5) is 0.